The second-order valence-electron chi connectivity index (χ2n) is 2.63. The molecule has 0 fully saturated rings. The van der Waals surface area contributed by atoms with Gasteiger partial charge in [-0.05, 0) is 18.2 Å². The van der Waals surface area contributed by atoms with Crippen LogP contribution in [-0.2, 0) is 0 Å². The van der Waals surface area contributed by atoms with E-state index in [1.807, 2.05) is 0 Å². The second-order valence-corrected chi connectivity index (χ2v) is 3.55. The molecule has 0 saturated heterocycles. The van der Waals surface area contributed by atoms with Crippen LogP contribution in [0.5, 0.6) is 0 Å². The maximum Gasteiger partial charge on any atom is 0.267 e. The molecule has 0 spiro atoms. The van der Waals surface area contributed by atoms with Crippen LogP contribution >= 0.6 is 15.9 Å². The van der Waals surface area contributed by atoms with Gasteiger partial charge in [0.25, 0.3) is 6.43 Å². The van der Waals surface area contributed by atoms with E-state index in [0.717, 1.165) is 0 Å². The van der Waals surface area contributed by atoms with E-state index in [1.165, 1.54) is 12.3 Å². The lowest BCUT2D eigenvalue weighted by molar-refractivity contribution is 0.151. The zero-order valence-electron chi connectivity index (χ0n) is 6.43. The van der Waals surface area contributed by atoms with Crippen molar-refractivity contribution in [3.8, 4) is 0 Å². The highest BCUT2D eigenvalue weighted by Crippen LogP contribution is 2.31. The summed E-state index contributed by atoms with van der Waals surface area (Å²) >= 11 is 3.16. The van der Waals surface area contributed by atoms with Crippen LogP contribution in [0, 0.1) is 0 Å². The molecule has 0 saturated carbocycles. The van der Waals surface area contributed by atoms with Crippen LogP contribution in [0.3, 0.4) is 0 Å². The van der Waals surface area contributed by atoms with Crippen molar-refractivity contribution in [3.05, 3.63) is 34.5 Å². The summed E-state index contributed by atoms with van der Waals surface area (Å²) in [6.45, 7) is 0. The summed E-state index contributed by atoms with van der Waals surface area (Å²) in [5.74, 6) is 0. The molecule has 0 radical (unpaired) electrons. The van der Waals surface area contributed by atoms with Crippen molar-refractivity contribution < 1.29 is 13.2 Å². The molecule has 0 aliphatic heterocycles. The second kappa shape index (κ2) is 3.10. The van der Waals surface area contributed by atoms with Crippen LogP contribution in [0.2, 0.25) is 0 Å². The fraction of sp³-hybridized carbons (Fsp3) is 0.111. The Kier molecular flexibility index (Phi) is 2.07. The van der Waals surface area contributed by atoms with Crippen molar-refractivity contribution in [2.24, 2.45) is 0 Å². The van der Waals surface area contributed by atoms with E-state index in [2.05, 4.69) is 15.9 Å². The number of hydrogen-bond acceptors (Lipinski definition) is 1. The normalized spacial score (nSPS) is 11.4. The van der Waals surface area contributed by atoms with E-state index in [0.29, 0.717) is 9.86 Å². The summed E-state index contributed by atoms with van der Waals surface area (Å²) in [4.78, 5) is 0. The Labute approximate surface area is 81.5 Å². The van der Waals surface area contributed by atoms with Gasteiger partial charge in [-0.2, -0.15) is 0 Å². The molecule has 4 heteroatoms. The van der Waals surface area contributed by atoms with Gasteiger partial charge in [0.15, 0.2) is 0 Å². The highest BCUT2D eigenvalue weighted by molar-refractivity contribution is 9.10. The lowest BCUT2D eigenvalue weighted by Crippen LogP contribution is -1.84. The first-order valence-electron chi connectivity index (χ1n) is 3.63. The minimum atomic E-state index is -2.51. The van der Waals surface area contributed by atoms with Crippen LogP contribution in [0.4, 0.5) is 8.78 Å². The molecule has 1 nitrogen and oxygen atoms in total. The summed E-state index contributed by atoms with van der Waals surface area (Å²) in [7, 11) is 0. The molecule has 1 aromatic carbocycles. The third kappa shape index (κ3) is 1.46. The number of halogens is 3. The molecule has 0 aliphatic carbocycles. The first-order chi connectivity index (χ1) is 6.18. The van der Waals surface area contributed by atoms with Crippen molar-refractivity contribution in [1.29, 1.82) is 0 Å². The summed E-state index contributed by atoms with van der Waals surface area (Å²) < 4.78 is 30.5. The average Bonchev–Trinajstić information content (AvgIpc) is 2.49. The van der Waals surface area contributed by atoms with Gasteiger partial charge in [-0.25, -0.2) is 8.78 Å². The van der Waals surface area contributed by atoms with E-state index in [4.69, 9.17) is 4.42 Å². The van der Waals surface area contributed by atoms with Crippen molar-refractivity contribution in [3.63, 3.8) is 0 Å². The molecule has 0 unspecified atom stereocenters. The third-order valence-electron chi connectivity index (χ3n) is 1.78. The Morgan fingerprint density at radius 1 is 1.31 bits per heavy atom. The number of rotatable bonds is 1. The quantitative estimate of drug-likeness (QED) is 0.738. The zero-order valence-corrected chi connectivity index (χ0v) is 8.01. The molecule has 0 aliphatic rings. The van der Waals surface area contributed by atoms with Gasteiger partial charge < -0.3 is 4.42 Å². The molecule has 1 heterocycles. The number of benzene rings is 1. The molecule has 0 amide bonds. The SMILES string of the molecule is FC(F)c1cc(Br)cc2ccoc12. The molecular weight excluding hydrogens is 242 g/mol. The number of hydrogen-bond donors (Lipinski definition) is 0. The molecule has 1 aromatic heterocycles. The largest absolute Gasteiger partial charge is 0.464 e. The van der Waals surface area contributed by atoms with Gasteiger partial charge in [-0.1, -0.05) is 15.9 Å². The fourth-order valence-electron chi connectivity index (χ4n) is 1.23. The molecule has 2 rings (SSSR count). The zero-order chi connectivity index (χ0) is 9.42. The number of alkyl halides is 2. The van der Waals surface area contributed by atoms with Gasteiger partial charge in [0.1, 0.15) is 5.58 Å². The topological polar surface area (TPSA) is 13.1 Å². The maximum absolute atomic E-state index is 12.5. The average molecular weight is 247 g/mol. The predicted octanol–water partition coefficient (Wildman–Crippen LogP) is 4.13. The fourth-order valence-corrected chi connectivity index (χ4v) is 1.73. The summed E-state index contributed by atoms with van der Waals surface area (Å²) in [5.41, 5.74) is 0.188. The van der Waals surface area contributed by atoms with Crippen molar-refractivity contribution in [2.75, 3.05) is 0 Å². The molecule has 0 N–H and O–H groups in total. The first kappa shape index (κ1) is 8.69. The third-order valence-corrected chi connectivity index (χ3v) is 2.24. The Morgan fingerprint density at radius 2 is 2.08 bits per heavy atom. The van der Waals surface area contributed by atoms with Gasteiger partial charge in [-0.15, -0.1) is 0 Å². The summed E-state index contributed by atoms with van der Waals surface area (Å²) in [5, 5.41) is 0.685. The highest BCUT2D eigenvalue weighted by atomic mass is 79.9. The Bertz CT molecular complexity index is 436. The van der Waals surface area contributed by atoms with Crippen molar-refractivity contribution >= 4 is 26.9 Å². The molecule has 2 aromatic rings. The summed E-state index contributed by atoms with van der Waals surface area (Å²) in [6, 6.07) is 4.77. The van der Waals surface area contributed by atoms with E-state index in [1.54, 1.807) is 12.1 Å². The number of fused-ring (bicyclic) bond motifs is 1. The smallest absolute Gasteiger partial charge is 0.267 e. The first-order valence-corrected chi connectivity index (χ1v) is 4.42. The van der Waals surface area contributed by atoms with Gasteiger partial charge in [0.05, 0.1) is 11.8 Å². The standard InChI is InChI=1S/C9H5BrF2O/c10-6-3-5-1-2-13-8(5)7(4-6)9(11)12/h1-4,9H. The van der Waals surface area contributed by atoms with Gasteiger partial charge >= 0.3 is 0 Å². The van der Waals surface area contributed by atoms with Gasteiger partial charge in [-0.3, -0.25) is 0 Å². The highest BCUT2D eigenvalue weighted by Gasteiger charge is 2.14. The van der Waals surface area contributed by atoms with Crippen LogP contribution < -0.4 is 0 Å². The Balaban J connectivity index is 2.77. The molecule has 0 atom stereocenters. The predicted molar refractivity (Wildman–Crippen MR) is 48.9 cm³/mol. The molecule has 68 valence electrons. The van der Waals surface area contributed by atoms with Crippen LogP contribution in [0.25, 0.3) is 11.0 Å². The molecule has 13 heavy (non-hydrogen) atoms. The minimum absolute atomic E-state index is 0.0747. The van der Waals surface area contributed by atoms with E-state index >= 15 is 0 Å². The van der Waals surface area contributed by atoms with Crippen LogP contribution in [-0.4, -0.2) is 0 Å². The van der Waals surface area contributed by atoms with E-state index < -0.39 is 6.43 Å². The van der Waals surface area contributed by atoms with Crippen molar-refractivity contribution in [1.82, 2.24) is 0 Å². The van der Waals surface area contributed by atoms with Crippen LogP contribution in [0.15, 0.2) is 33.4 Å². The Morgan fingerprint density at radius 3 is 2.77 bits per heavy atom. The Hall–Kier alpha value is -0.900. The lowest BCUT2D eigenvalue weighted by atomic mass is 10.1. The maximum atomic E-state index is 12.5. The summed E-state index contributed by atoms with van der Waals surface area (Å²) in [6.07, 6.45) is -1.10. The van der Waals surface area contributed by atoms with Gasteiger partial charge in [0.2, 0.25) is 0 Å². The van der Waals surface area contributed by atoms with E-state index in [-0.39, 0.29) is 11.1 Å². The van der Waals surface area contributed by atoms with Crippen molar-refractivity contribution in [2.45, 2.75) is 6.43 Å². The lowest BCUT2D eigenvalue weighted by Gasteiger charge is -2.00. The van der Waals surface area contributed by atoms with Crippen LogP contribution in [0.1, 0.15) is 12.0 Å². The molecular formula is C9H5BrF2O. The minimum Gasteiger partial charge on any atom is -0.464 e. The monoisotopic (exact) mass is 246 g/mol. The molecule has 0 bridgehead atoms. The van der Waals surface area contributed by atoms with Gasteiger partial charge in [0, 0.05) is 9.86 Å². The number of furan rings is 1. The van der Waals surface area contributed by atoms with E-state index in [9.17, 15) is 8.78 Å².